The minimum Gasteiger partial charge on any atom is -0.396 e. The fourth-order valence-electron chi connectivity index (χ4n) is 1.46. The third-order valence-electron chi connectivity index (χ3n) is 2.36. The maximum atomic E-state index is 13.5. The van der Waals surface area contributed by atoms with E-state index >= 15 is 0 Å². The average molecular weight is 313 g/mol. The number of hydrogen-bond acceptors (Lipinski definition) is 3. The Kier molecular flexibility index (Phi) is 3.38. The first-order chi connectivity index (χ1) is 8.50. The molecule has 3 nitrogen and oxygen atoms in total. The minimum atomic E-state index is -0.924. The number of hydrogen-bond donors (Lipinski definition) is 1. The number of carbonyl (C=O) groups is 1. The van der Waals surface area contributed by atoms with Gasteiger partial charge in [-0.15, -0.1) is 0 Å². The number of carbonyl (C=O) groups excluding carboxylic acids is 1. The molecule has 2 rings (SSSR count). The van der Waals surface area contributed by atoms with Crippen LogP contribution in [0.5, 0.6) is 0 Å². The summed E-state index contributed by atoms with van der Waals surface area (Å²) in [6, 6.07) is 4.13. The lowest BCUT2D eigenvalue weighted by molar-refractivity contribution is 0.103. The lowest BCUT2D eigenvalue weighted by Gasteiger charge is -2.06. The summed E-state index contributed by atoms with van der Waals surface area (Å²) in [5.74, 6) is -2.28. The summed E-state index contributed by atoms with van der Waals surface area (Å²) in [7, 11) is 0. The molecule has 92 valence electrons. The van der Waals surface area contributed by atoms with Gasteiger partial charge in [0.15, 0.2) is 5.78 Å². The quantitative estimate of drug-likeness (QED) is 0.685. The molecule has 0 aliphatic carbocycles. The van der Waals surface area contributed by atoms with Gasteiger partial charge < -0.3 is 5.73 Å². The molecule has 0 fully saturated rings. The van der Waals surface area contributed by atoms with Crippen LogP contribution in [-0.2, 0) is 0 Å². The number of anilines is 1. The molecule has 0 radical (unpaired) electrons. The second-order valence-corrected chi connectivity index (χ2v) is 4.27. The maximum absolute atomic E-state index is 13.5. The molecule has 0 saturated heterocycles. The van der Waals surface area contributed by atoms with Crippen LogP contribution in [0.25, 0.3) is 0 Å². The molecule has 0 spiro atoms. The number of ketones is 1. The van der Waals surface area contributed by atoms with Crippen molar-refractivity contribution < 1.29 is 13.6 Å². The summed E-state index contributed by atoms with van der Waals surface area (Å²) in [5.41, 5.74) is 5.67. The van der Waals surface area contributed by atoms with E-state index in [4.69, 9.17) is 5.73 Å². The van der Waals surface area contributed by atoms with Crippen molar-refractivity contribution in [2.24, 2.45) is 0 Å². The van der Waals surface area contributed by atoms with Crippen molar-refractivity contribution in [1.29, 1.82) is 0 Å². The van der Waals surface area contributed by atoms with Crippen molar-refractivity contribution in [1.82, 2.24) is 4.98 Å². The van der Waals surface area contributed by atoms with Crippen molar-refractivity contribution >= 4 is 27.4 Å². The number of pyridine rings is 1. The van der Waals surface area contributed by atoms with Crippen molar-refractivity contribution in [3.8, 4) is 0 Å². The number of nitrogens with two attached hydrogens (primary N) is 1. The van der Waals surface area contributed by atoms with E-state index in [1.54, 1.807) is 0 Å². The summed E-state index contributed by atoms with van der Waals surface area (Å²) < 4.78 is 26.6. The van der Waals surface area contributed by atoms with E-state index in [0.717, 1.165) is 12.1 Å². The fourth-order valence-corrected chi connectivity index (χ4v) is 1.80. The highest BCUT2D eigenvalue weighted by atomic mass is 79.9. The van der Waals surface area contributed by atoms with Crippen LogP contribution in [-0.4, -0.2) is 10.8 Å². The Bertz CT molecular complexity index is 631. The number of aromatic nitrogens is 1. The topological polar surface area (TPSA) is 56.0 Å². The van der Waals surface area contributed by atoms with Crippen LogP contribution in [0.4, 0.5) is 14.5 Å². The van der Waals surface area contributed by atoms with Crippen molar-refractivity contribution in [3.05, 3.63) is 57.8 Å². The molecule has 0 atom stereocenters. The second-order valence-electron chi connectivity index (χ2n) is 3.52. The first-order valence-corrected chi connectivity index (χ1v) is 5.69. The lowest BCUT2D eigenvalue weighted by atomic mass is 10.0. The van der Waals surface area contributed by atoms with E-state index < -0.39 is 17.4 Å². The highest BCUT2D eigenvalue weighted by molar-refractivity contribution is 9.10. The van der Waals surface area contributed by atoms with E-state index in [0.29, 0.717) is 10.7 Å². The zero-order chi connectivity index (χ0) is 13.3. The largest absolute Gasteiger partial charge is 0.396 e. The van der Waals surface area contributed by atoms with Gasteiger partial charge in [-0.2, -0.15) is 0 Å². The smallest absolute Gasteiger partial charge is 0.198 e. The molecule has 1 heterocycles. The monoisotopic (exact) mass is 312 g/mol. The lowest BCUT2D eigenvalue weighted by Crippen LogP contribution is -2.08. The van der Waals surface area contributed by atoms with Crippen molar-refractivity contribution in [2.45, 2.75) is 0 Å². The second kappa shape index (κ2) is 4.81. The van der Waals surface area contributed by atoms with Gasteiger partial charge in [-0.3, -0.25) is 4.79 Å². The molecule has 0 aliphatic rings. The number of rotatable bonds is 2. The van der Waals surface area contributed by atoms with Crippen LogP contribution in [0.3, 0.4) is 0 Å². The molecule has 0 saturated carbocycles. The van der Waals surface area contributed by atoms with Crippen LogP contribution in [0, 0.1) is 11.6 Å². The van der Waals surface area contributed by atoms with E-state index in [1.165, 1.54) is 12.3 Å². The molecule has 1 aromatic carbocycles. The summed E-state index contributed by atoms with van der Waals surface area (Å²) in [6.45, 7) is 0. The van der Waals surface area contributed by atoms with Gasteiger partial charge in [-0.05, 0) is 34.1 Å². The first kappa shape index (κ1) is 12.6. The summed E-state index contributed by atoms with van der Waals surface area (Å²) in [6.07, 6.45) is 1.37. The Morgan fingerprint density at radius 1 is 1.22 bits per heavy atom. The highest BCUT2D eigenvalue weighted by Gasteiger charge is 2.18. The Morgan fingerprint density at radius 3 is 2.61 bits per heavy atom. The molecule has 0 unspecified atom stereocenters. The molecule has 2 aromatic rings. The third-order valence-corrected chi connectivity index (χ3v) is 2.99. The van der Waals surface area contributed by atoms with Gasteiger partial charge in [0.1, 0.15) is 16.2 Å². The Hall–Kier alpha value is -1.82. The third kappa shape index (κ3) is 2.24. The average Bonchev–Trinajstić information content (AvgIpc) is 2.32. The zero-order valence-corrected chi connectivity index (χ0v) is 10.5. The molecule has 18 heavy (non-hydrogen) atoms. The predicted molar refractivity (Wildman–Crippen MR) is 66.1 cm³/mol. The normalized spacial score (nSPS) is 10.4. The Labute approximate surface area is 110 Å². The van der Waals surface area contributed by atoms with Gasteiger partial charge in [-0.1, -0.05) is 0 Å². The summed E-state index contributed by atoms with van der Waals surface area (Å²) in [5, 5.41) is 0. The van der Waals surface area contributed by atoms with Gasteiger partial charge >= 0.3 is 0 Å². The van der Waals surface area contributed by atoms with E-state index in [9.17, 15) is 13.6 Å². The van der Waals surface area contributed by atoms with E-state index in [-0.39, 0.29) is 16.8 Å². The van der Waals surface area contributed by atoms with E-state index in [2.05, 4.69) is 20.9 Å². The molecule has 1 aromatic heterocycles. The van der Waals surface area contributed by atoms with Gasteiger partial charge in [0, 0.05) is 17.8 Å². The number of nitrogen functional groups attached to an aromatic ring is 1. The predicted octanol–water partition coefficient (Wildman–Crippen LogP) is 2.94. The molecule has 0 amide bonds. The molecular weight excluding hydrogens is 306 g/mol. The van der Waals surface area contributed by atoms with Gasteiger partial charge in [0.05, 0.1) is 11.3 Å². The minimum absolute atomic E-state index is 0.113. The molecular formula is C12H7BrF2N2O. The maximum Gasteiger partial charge on any atom is 0.198 e. The van der Waals surface area contributed by atoms with Gasteiger partial charge in [0.25, 0.3) is 0 Å². The van der Waals surface area contributed by atoms with Gasteiger partial charge in [-0.25, -0.2) is 13.8 Å². The standard InChI is InChI=1S/C12H7BrF2N2O/c13-12-10(16)8(3-4-17-12)11(18)7-2-1-6(14)5-9(7)15/h1-5H,16H2. The van der Waals surface area contributed by atoms with Crippen LogP contribution in [0.2, 0.25) is 0 Å². The van der Waals surface area contributed by atoms with Crippen molar-refractivity contribution in [2.75, 3.05) is 5.73 Å². The van der Waals surface area contributed by atoms with Crippen LogP contribution < -0.4 is 5.73 Å². The molecule has 0 bridgehead atoms. The highest BCUT2D eigenvalue weighted by Crippen LogP contribution is 2.24. The Balaban J connectivity index is 2.51. The summed E-state index contributed by atoms with van der Waals surface area (Å²) >= 11 is 3.07. The van der Waals surface area contributed by atoms with Crippen LogP contribution >= 0.6 is 15.9 Å². The number of halogens is 3. The Morgan fingerprint density at radius 2 is 1.94 bits per heavy atom. The van der Waals surface area contributed by atoms with E-state index in [1.807, 2.05) is 0 Å². The van der Waals surface area contributed by atoms with Gasteiger partial charge in [0.2, 0.25) is 0 Å². The molecule has 6 heteroatoms. The number of nitrogens with zero attached hydrogens (tertiary/aromatic N) is 1. The number of benzene rings is 1. The molecule has 2 N–H and O–H groups in total. The van der Waals surface area contributed by atoms with Crippen LogP contribution in [0.15, 0.2) is 35.1 Å². The SMILES string of the molecule is Nc1c(C(=O)c2ccc(F)cc2F)ccnc1Br. The fraction of sp³-hybridized carbons (Fsp3) is 0. The zero-order valence-electron chi connectivity index (χ0n) is 8.95. The molecule has 0 aliphatic heterocycles. The first-order valence-electron chi connectivity index (χ1n) is 4.90. The summed E-state index contributed by atoms with van der Waals surface area (Å²) in [4.78, 5) is 15.9. The van der Waals surface area contributed by atoms with Crippen LogP contribution in [0.1, 0.15) is 15.9 Å². The van der Waals surface area contributed by atoms with Crippen molar-refractivity contribution in [3.63, 3.8) is 0 Å².